The molecule has 0 saturated heterocycles. The van der Waals surface area contributed by atoms with Crippen molar-refractivity contribution in [3.63, 3.8) is 0 Å². The summed E-state index contributed by atoms with van der Waals surface area (Å²) in [6.07, 6.45) is 3.37. The van der Waals surface area contributed by atoms with Gasteiger partial charge in [0.25, 0.3) is 8.53 Å². The molecule has 0 heterocycles. The summed E-state index contributed by atoms with van der Waals surface area (Å²) < 4.78 is 13.9. The number of carbonyl (C=O) groups excluding carboxylic acids is 1. The molecule has 0 spiro atoms. The predicted molar refractivity (Wildman–Crippen MR) is 88.8 cm³/mol. The van der Waals surface area contributed by atoms with Gasteiger partial charge in [-0.1, -0.05) is 6.42 Å². The zero-order valence-corrected chi connectivity index (χ0v) is 15.1. The van der Waals surface area contributed by atoms with Crippen LogP contribution in [0.1, 0.15) is 59.8 Å². The fraction of sp³-hybridized carbons (Fsp3) is 0.867. The van der Waals surface area contributed by atoms with Crippen LogP contribution in [0.15, 0.2) is 0 Å². The highest BCUT2D eigenvalue weighted by atomic mass is 31.2. The van der Waals surface area contributed by atoms with Gasteiger partial charge in [0.1, 0.15) is 0 Å². The van der Waals surface area contributed by atoms with Crippen molar-refractivity contribution in [2.24, 2.45) is 5.73 Å². The number of amides is 1. The second-order valence-corrected chi connectivity index (χ2v) is 7.11. The smallest absolute Gasteiger partial charge is 0.259 e. The topological polar surface area (TPSA) is 88.6 Å². The fourth-order valence-electron chi connectivity index (χ4n) is 2.03. The van der Waals surface area contributed by atoms with Gasteiger partial charge in [0.05, 0.1) is 25.7 Å². The zero-order valence-electron chi connectivity index (χ0n) is 14.2. The van der Waals surface area contributed by atoms with E-state index in [-0.39, 0.29) is 5.91 Å². The Kier molecular flexibility index (Phi) is 12.4. The van der Waals surface area contributed by atoms with E-state index in [4.69, 9.17) is 20.0 Å². The minimum absolute atomic E-state index is 0.256. The lowest BCUT2D eigenvalue weighted by molar-refractivity contribution is -0.118. The van der Waals surface area contributed by atoms with E-state index in [1.807, 2.05) is 0 Å². The van der Waals surface area contributed by atoms with Crippen LogP contribution in [0, 0.1) is 11.3 Å². The summed E-state index contributed by atoms with van der Waals surface area (Å²) in [5.74, 6) is -0.256. The monoisotopic (exact) mass is 331 g/mol. The summed E-state index contributed by atoms with van der Waals surface area (Å²) >= 11 is 0. The normalized spacial score (nSPS) is 12.8. The first-order chi connectivity index (χ1) is 10.4. The number of hydrogen-bond acceptors (Lipinski definition) is 5. The highest BCUT2D eigenvalue weighted by Crippen LogP contribution is 2.46. The van der Waals surface area contributed by atoms with Gasteiger partial charge in [0.15, 0.2) is 0 Å². The Morgan fingerprint density at radius 3 is 2.23 bits per heavy atom. The van der Waals surface area contributed by atoms with E-state index < -0.39 is 8.53 Å². The molecule has 0 radical (unpaired) electrons. The quantitative estimate of drug-likeness (QED) is 0.413. The highest BCUT2D eigenvalue weighted by Gasteiger charge is 2.26. The largest absolute Gasteiger partial charge is 0.370 e. The lowest BCUT2D eigenvalue weighted by Gasteiger charge is -2.35. The molecule has 1 atom stereocenters. The maximum Gasteiger partial charge on any atom is 0.259 e. The van der Waals surface area contributed by atoms with Gasteiger partial charge >= 0.3 is 0 Å². The van der Waals surface area contributed by atoms with Crippen molar-refractivity contribution in [3.8, 4) is 6.07 Å². The first-order valence-corrected chi connectivity index (χ1v) is 9.02. The van der Waals surface area contributed by atoms with Gasteiger partial charge in [0, 0.05) is 18.5 Å². The number of hydrogen-bond donors (Lipinski definition) is 1. The molecule has 0 saturated carbocycles. The molecule has 0 fully saturated rings. The molecule has 6 nitrogen and oxygen atoms in total. The van der Waals surface area contributed by atoms with Crippen molar-refractivity contribution >= 4 is 14.4 Å². The van der Waals surface area contributed by atoms with E-state index >= 15 is 0 Å². The minimum Gasteiger partial charge on any atom is -0.370 e. The lowest BCUT2D eigenvalue weighted by Crippen LogP contribution is -2.33. The van der Waals surface area contributed by atoms with Crippen molar-refractivity contribution < 1.29 is 13.8 Å². The summed E-state index contributed by atoms with van der Waals surface area (Å²) in [6.45, 7) is 9.42. The summed E-state index contributed by atoms with van der Waals surface area (Å²) in [5, 5.41) is 8.64. The van der Waals surface area contributed by atoms with E-state index in [2.05, 4.69) is 38.4 Å². The van der Waals surface area contributed by atoms with Gasteiger partial charge < -0.3 is 14.8 Å². The van der Waals surface area contributed by atoms with Crippen LogP contribution in [0.25, 0.3) is 0 Å². The third-order valence-electron chi connectivity index (χ3n) is 2.93. The number of carbonyl (C=O) groups is 1. The predicted octanol–water partition coefficient (Wildman–Crippen LogP) is 3.32. The van der Waals surface area contributed by atoms with Crippen molar-refractivity contribution in [2.45, 2.75) is 71.9 Å². The van der Waals surface area contributed by atoms with Crippen molar-refractivity contribution in [1.29, 1.82) is 5.26 Å². The standard InChI is InChI=1S/C15H30N3O3P/c1-13(2)18(14(3)4)22(21-12-8-10-16)20-11-7-5-6-9-15(17)19/h13-14H,5-9,11-12H2,1-4H3,(H2,17,19). The van der Waals surface area contributed by atoms with Crippen LogP contribution < -0.4 is 5.73 Å². The average Bonchev–Trinajstić information content (AvgIpc) is 2.41. The molecule has 0 aliphatic heterocycles. The Morgan fingerprint density at radius 1 is 1.14 bits per heavy atom. The molecular weight excluding hydrogens is 301 g/mol. The molecular formula is C15H30N3O3P. The summed E-state index contributed by atoms with van der Waals surface area (Å²) in [5.41, 5.74) is 5.11. The van der Waals surface area contributed by atoms with Crippen LogP contribution in [0.2, 0.25) is 0 Å². The minimum atomic E-state index is -1.16. The number of rotatable bonds is 13. The first-order valence-electron chi connectivity index (χ1n) is 7.89. The second kappa shape index (κ2) is 12.8. The van der Waals surface area contributed by atoms with E-state index in [9.17, 15) is 4.79 Å². The van der Waals surface area contributed by atoms with Gasteiger partial charge in [-0.3, -0.25) is 4.79 Å². The van der Waals surface area contributed by atoms with Crippen molar-refractivity contribution in [3.05, 3.63) is 0 Å². The Labute approximate surface area is 135 Å². The van der Waals surface area contributed by atoms with E-state index in [1.54, 1.807) is 0 Å². The third kappa shape index (κ3) is 10.1. The van der Waals surface area contributed by atoms with Gasteiger partial charge in [-0.2, -0.15) is 5.26 Å². The Morgan fingerprint density at radius 2 is 1.73 bits per heavy atom. The lowest BCUT2D eigenvalue weighted by atomic mass is 10.2. The second-order valence-electron chi connectivity index (χ2n) is 5.66. The number of primary amides is 1. The number of unbranched alkanes of at least 4 members (excludes halogenated alkanes) is 2. The molecule has 7 heteroatoms. The number of nitrogens with zero attached hydrogens (tertiary/aromatic N) is 2. The van der Waals surface area contributed by atoms with Crippen LogP contribution in [0.5, 0.6) is 0 Å². The maximum absolute atomic E-state index is 10.7. The van der Waals surface area contributed by atoms with Crippen LogP contribution in [-0.2, 0) is 13.8 Å². The molecule has 0 aliphatic rings. The van der Waals surface area contributed by atoms with Crippen LogP contribution in [-0.4, -0.2) is 35.9 Å². The Balaban J connectivity index is 4.28. The van der Waals surface area contributed by atoms with Crippen LogP contribution in [0.4, 0.5) is 0 Å². The van der Waals surface area contributed by atoms with Crippen molar-refractivity contribution in [1.82, 2.24) is 4.67 Å². The Bertz CT molecular complexity index is 337. The van der Waals surface area contributed by atoms with Gasteiger partial charge in [-0.05, 0) is 40.5 Å². The van der Waals surface area contributed by atoms with Crippen LogP contribution >= 0.6 is 8.53 Å². The summed E-state index contributed by atoms with van der Waals surface area (Å²) in [7, 11) is -1.16. The Hall–Kier alpha value is -0.730. The molecule has 0 bridgehead atoms. The number of nitrogens with two attached hydrogens (primary N) is 1. The van der Waals surface area contributed by atoms with E-state index in [0.29, 0.717) is 38.1 Å². The molecule has 0 rings (SSSR count). The van der Waals surface area contributed by atoms with Crippen LogP contribution in [0.3, 0.4) is 0 Å². The summed E-state index contributed by atoms with van der Waals surface area (Å²) in [6, 6.07) is 2.70. The fourth-order valence-corrected chi connectivity index (χ4v) is 3.66. The first kappa shape index (κ1) is 21.3. The third-order valence-corrected chi connectivity index (χ3v) is 5.04. The molecule has 1 unspecified atom stereocenters. The average molecular weight is 331 g/mol. The molecule has 0 aromatic carbocycles. The van der Waals surface area contributed by atoms with Gasteiger partial charge in [-0.15, -0.1) is 0 Å². The molecule has 0 aromatic rings. The molecule has 0 aliphatic carbocycles. The van der Waals surface area contributed by atoms with Crippen molar-refractivity contribution in [2.75, 3.05) is 13.2 Å². The number of nitriles is 1. The van der Waals surface area contributed by atoms with Gasteiger partial charge in [0.2, 0.25) is 5.91 Å². The van der Waals surface area contributed by atoms with Gasteiger partial charge in [-0.25, -0.2) is 4.67 Å². The molecule has 22 heavy (non-hydrogen) atoms. The SMILES string of the molecule is CC(C)N(C(C)C)P(OCCC#N)OCCCCCC(N)=O. The molecule has 0 aromatic heterocycles. The molecule has 2 N–H and O–H groups in total. The van der Waals surface area contributed by atoms with E-state index in [1.165, 1.54) is 0 Å². The zero-order chi connectivity index (χ0) is 17.0. The maximum atomic E-state index is 10.7. The summed E-state index contributed by atoms with van der Waals surface area (Å²) in [4.78, 5) is 10.7. The molecule has 1 amide bonds. The molecule has 128 valence electrons. The van der Waals surface area contributed by atoms with E-state index in [0.717, 1.165) is 19.3 Å². The highest BCUT2D eigenvalue weighted by molar-refractivity contribution is 7.44.